The molecule has 18 heavy (non-hydrogen) atoms. The number of hydrazine groups is 1. The first-order chi connectivity index (χ1) is 8.69. The molecule has 1 aliphatic rings. The first-order valence-corrected chi connectivity index (χ1v) is 6.42. The van der Waals surface area contributed by atoms with Gasteiger partial charge in [-0.15, -0.1) is 0 Å². The van der Waals surface area contributed by atoms with Crippen molar-refractivity contribution >= 4 is 11.6 Å². The van der Waals surface area contributed by atoms with E-state index in [-0.39, 0.29) is 11.9 Å². The van der Waals surface area contributed by atoms with Gasteiger partial charge in [0.2, 0.25) is 0 Å². The van der Waals surface area contributed by atoms with Crippen LogP contribution in [0.4, 0.5) is 5.69 Å². The molecule has 0 aliphatic heterocycles. The molecule has 0 bridgehead atoms. The highest BCUT2D eigenvalue weighted by molar-refractivity contribution is 5.93. The Bertz CT molecular complexity index is 421. The summed E-state index contributed by atoms with van der Waals surface area (Å²) in [7, 11) is 0. The molecule has 0 spiro atoms. The Hall–Kier alpha value is -1.62. The van der Waals surface area contributed by atoms with Gasteiger partial charge in [-0.05, 0) is 30.9 Å². The zero-order valence-corrected chi connectivity index (χ0v) is 10.6. The lowest BCUT2D eigenvalue weighted by Gasteiger charge is -2.27. The van der Waals surface area contributed by atoms with Crippen LogP contribution in [0.5, 0.6) is 0 Å². The number of carbonyl (C=O) groups excluding carboxylic acids is 1. The van der Waals surface area contributed by atoms with Gasteiger partial charge in [-0.1, -0.05) is 19.8 Å². The molecule has 1 saturated carbocycles. The third kappa shape index (κ3) is 3.20. The smallest absolute Gasteiger partial charge is 0.270 e. The molecule has 0 aromatic carbocycles. The SMILES string of the molecule is CC1CCCC(NC(=O)c2cc(NN)ccn2)C1. The fourth-order valence-electron chi connectivity index (χ4n) is 2.47. The van der Waals surface area contributed by atoms with Crippen LogP contribution in [-0.2, 0) is 0 Å². The highest BCUT2D eigenvalue weighted by Crippen LogP contribution is 2.23. The predicted octanol–water partition coefficient (Wildman–Crippen LogP) is 1.68. The Kier molecular flexibility index (Phi) is 4.15. The summed E-state index contributed by atoms with van der Waals surface area (Å²) in [5.74, 6) is 5.88. The maximum atomic E-state index is 12.0. The monoisotopic (exact) mass is 248 g/mol. The highest BCUT2D eigenvalue weighted by atomic mass is 16.1. The Morgan fingerprint density at radius 1 is 1.50 bits per heavy atom. The Morgan fingerprint density at radius 2 is 2.33 bits per heavy atom. The number of amides is 1. The highest BCUT2D eigenvalue weighted by Gasteiger charge is 2.21. The van der Waals surface area contributed by atoms with E-state index >= 15 is 0 Å². The molecular weight excluding hydrogens is 228 g/mol. The number of hydrogen-bond acceptors (Lipinski definition) is 4. The van der Waals surface area contributed by atoms with Gasteiger partial charge in [-0.3, -0.25) is 15.6 Å². The van der Waals surface area contributed by atoms with Crippen LogP contribution in [0.15, 0.2) is 18.3 Å². The lowest BCUT2D eigenvalue weighted by Crippen LogP contribution is -2.38. The number of aromatic nitrogens is 1. The molecule has 1 aromatic rings. The van der Waals surface area contributed by atoms with E-state index in [1.165, 1.54) is 12.8 Å². The minimum atomic E-state index is -0.119. The van der Waals surface area contributed by atoms with Crippen molar-refractivity contribution in [2.75, 3.05) is 5.43 Å². The molecule has 0 saturated heterocycles. The quantitative estimate of drug-likeness (QED) is 0.561. The average molecular weight is 248 g/mol. The molecule has 1 aromatic heterocycles. The molecule has 5 heteroatoms. The molecule has 0 radical (unpaired) electrons. The van der Waals surface area contributed by atoms with Crippen LogP contribution in [0.25, 0.3) is 0 Å². The molecular formula is C13H20N4O. The summed E-state index contributed by atoms with van der Waals surface area (Å²) in [5, 5.41) is 3.05. The van der Waals surface area contributed by atoms with Gasteiger partial charge in [0.25, 0.3) is 5.91 Å². The number of rotatable bonds is 3. The Labute approximate surface area is 107 Å². The zero-order chi connectivity index (χ0) is 13.0. The molecule has 1 amide bonds. The van der Waals surface area contributed by atoms with Gasteiger partial charge in [-0.2, -0.15) is 0 Å². The zero-order valence-electron chi connectivity index (χ0n) is 10.6. The second-order valence-corrected chi connectivity index (χ2v) is 5.02. The maximum absolute atomic E-state index is 12.0. The first kappa shape index (κ1) is 12.8. The fraction of sp³-hybridized carbons (Fsp3) is 0.538. The molecule has 1 aliphatic carbocycles. The summed E-state index contributed by atoms with van der Waals surface area (Å²) in [4.78, 5) is 16.1. The molecule has 1 fully saturated rings. The summed E-state index contributed by atoms with van der Waals surface area (Å²) in [6, 6.07) is 3.65. The third-order valence-corrected chi connectivity index (χ3v) is 3.43. The molecule has 2 atom stereocenters. The number of carbonyl (C=O) groups is 1. The summed E-state index contributed by atoms with van der Waals surface area (Å²) in [6.07, 6.45) is 6.14. The van der Waals surface area contributed by atoms with Crippen LogP contribution in [0.1, 0.15) is 43.1 Å². The van der Waals surface area contributed by atoms with E-state index in [0.29, 0.717) is 17.3 Å². The van der Waals surface area contributed by atoms with Crippen LogP contribution in [0.3, 0.4) is 0 Å². The van der Waals surface area contributed by atoms with Crippen molar-refractivity contribution in [3.63, 3.8) is 0 Å². The van der Waals surface area contributed by atoms with Crippen LogP contribution in [0, 0.1) is 5.92 Å². The average Bonchev–Trinajstić information content (AvgIpc) is 2.39. The number of anilines is 1. The van der Waals surface area contributed by atoms with Crippen LogP contribution in [-0.4, -0.2) is 16.9 Å². The maximum Gasteiger partial charge on any atom is 0.270 e. The summed E-state index contributed by atoms with van der Waals surface area (Å²) >= 11 is 0. The van der Waals surface area contributed by atoms with E-state index in [9.17, 15) is 4.79 Å². The molecule has 4 N–H and O–H groups in total. The van der Waals surface area contributed by atoms with E-state index in [1.54, 1.807) is 18.3 Å². The van der Waals surface area contributed by atoms with E-state index < -0.39 is 0 Å². The normalized spacial score (nSPS) is 23.4. The predicted molar refractivity (Wildman–Crippen MR) is 70.9 cm³/mol. The van der Waals surface area contributed by atoms with Gasteiger partial charge in [-0.25, -0.2) is 0 Å². The minimum Gasteiger partial charge on any atom is -0.348 e. The van der Waals surface area contributed by atoms with Crippen molar-refractivity contribution in [1.29, 1.82) is 0 Å². The first-order valence-electron chi connectivity index (χ1n) is 6.42. The third-order valence-electron chi connectivity index (χ3n) is 3.43. The number of nitrogen functional groups attached to an aromatic ring is 1. The molecule has 2 unspecified atom stereocenters. The number of nitrogens with two attached hydrogens (primary N) is 1. The van der Waals surface area contributed by atoms with Crippen LogP contribution < -0.4 is 16.6 Å². The van der Waals surface area contributed by atoms with E-state index in [0.717, 1.165) is 12.8 Å². The summed E-state index contributed by atoms with van der Waals surface area (Å²) in [5.41, 5.74) is 3.61. The van der Waals surface area contributed by atoms with Crippen molar-refractivity contribution in [3.05, 3.63) is 24.0 Å². The lowest BCUT2D eigenvalue weighted by molar-refractivity contribution is 0.0916. The number of nitrogens with one attached hydrogen (secondary N) is 2. The molecule has 1 heterocycles. The Balaban J connectivity index is 1.98. The van der Waals surface area contributed by atoms with E-state index in [4.69, 9.17) is 5.84 Å². The topological polar surface area (TPSA) is 80.0 Å². The van der Waals surface area contributed by atoms with Gasteiger partial charge in [0.1, 0.15) is 5.69 Å². The number of pyridine rings is 1. The molecule has 98 valence electrons. The van der Waals surface area contributed by atoms with Crippen molar-refractivity contribution in [3.8, 4) is 0 Å². The minimum absolute atomic E-state index is 0.119. The largest absolute Gasteiger partial charge is 0.348 e. The van der Waals surface area contributed by atoms with E-state index in [2.05, 4.69) is 22.7 Å². The molecule has 2 rings (SSSR count). The fourth-order valence-corrected chi connectivity index (χ4v) is 2.47. The number of nitrogens with zero attached hydrogens (tertiary/aromatic N) is 1. The van der Waals surface area contributed by atoms with Crippen molar-refractivity contribution < 1.29 is 4.79 Å². The van der Waals surface area contributed by atoms with Crippen molar-refractivity contribution in [1.82, 2.24) is 10.3 Å². The van der Waals surface area contributed by atoms with Crippen LogP contribution in [0.2, 0.25) is 0 Å². The van der Waals surface area contributed by atoms with Gasteiger partial charge < -0.3 is 10.7 Å². The van der Waals surface area contributed by atoms with Gasteiger partial charge in [0, 0.05) is 12.2 Å². The Morgan fingerprint density at radius 3 is 3.06 bits per heavy atom. The van der Waals surface area contributed by atoms with Crippen molar-refractivity contribution in [2.45, 2.75) is 38.6 Å². The van der Waals surface area contributed by atoms with Crippen LogP contribution >= 0.6 is 0 Å². The molecule has 5 nitrogen and oxygen atoms in total. The summed E-state index contributed by atoms with van der Waals surface area (Å²) < 4.78 is 0. The number of hydrogen-bond donors (Lipinski definition) is 3. The second-order valence-electron chi connectivity index (χ2n) is 5.02. The van der Waals surface area contributed by atoms with Gasteiger partial charge in [0.15, 0.2) is 0 Å². The second kappa shape index (κ2) is 5.82. The van der Waals surface area contributed by atoms with Crippen molar-refractivity contribution in [2.24, 2.45) is 11.8 Å². The van der Waals surface area contributed by atoms with Gasteiger partial charge >= 0.3 is 0 Å². The standard InChI is InChI=1S/C13H20N4O/c1-9-3-2-4-10(7-9)16-13(18)12-8-11(17-14)5-6-15-12/h5-6,8-10H,2-4,7,14H2,1H3,(H,15,17)(H,16,18). The van der Waals surface area contributed by atoms with Gasteiger partial charge in [0.05, 0.1) is 5.69 Å². The lowest BCUT2D eigenvalue weighted by atomic mass is 9.87. The van der Waals surface area contributed by atoms with E-state index in [1.807, 2.05) is 0 Å². The summed E-state index contributed by atoms with van der Waals surface area (Å²) in [6.45, 7) is 2.23.